The van der Waals surface area contributed by atoms with E-state index in [0.29, 0.717) is 17.5 Å². The number of carbonyl (C=O) groups is 2. The van der Waals surface area contributed by atoms with Gasteiger partial charge in [0.2, 0.25) is 0 Å². The Labute approximate surface area is 257 Å². The van der Waals surface area contributed by atoms with Crippen molar-refractivity contribution in [2.75, 3.05) is 12.8 Å². The fourth-order valence-electron chi connectivity index (χ4n) is 5.40. The van der Waals surface area contributed by atoms with E-state index >= 15 is 0 Å². The Balaban J connectivity index is 1.42. The SMILES string of the molecule is CSc1ccc2c(=O)cc(C(=O)NC3CCN(C(=O)c4cc(C(F)(F)F)cc(C(F)(F)F)c4)C(Cc4ccccc4)C3)oc2c1. The predicted octanol–water partition coefficient (Wildman–Crippen LogP) is 7.20. The van der Waals surface area contributed by atoms with E-state index in [0.717, 1.165) is 16.5 Å². The van der Waals surface area contributed by atoms with Crippen LogP contribution in [0.5, 0.6) is 0 Å². The van der Waals surface area contributed by atoms with Crippen LogP contribution in [0.1, 0.15) is 50.4 Å². The lowest BCUT2D eigenvalue weighted by molar-refractivity contribution is -0.143. The van der Waals surface area contributed by atoms with Gasteiger partial charge in [-0.15, -0.1) is 11.8 Å². The number of nitrogens with zero attached hydrogens (tertiary/aromatic N) is 1. The molecule has 6 nitrogen and oxygen atoms in total. The zero-order valence-electron chi connectivity index (χ0n) is 23.7. The Morgan fingerprint density at radius 2 is 1.60 bits per heavy atom. The monoisotopic (exact) mass is 648 g/mol. The van der Waals surface area contributed by atoms with Crippen molar-refractivity contribution in [2.45, 2.75) is 48.6 Å². The molecule has 13 heteroatoms. The minimum atomic E-state index is -5.11. The Kier molecular flexibility index (Phi) is 9.02. The summed E-state index contributed by atoms with van der Waals surface area (Å²) >= 11 is 1.43. The van der Waals surface area contributed by atoms with Gasteiger partial charge in [-0.05, 0) is 67.5 Å². The van der Waals surface area contributed by atoms with Gasteiger partial charge in [0.15, 0.2) is 11.2 Å². The number of hydrogen-bond donors (Lipinski definition) is 1. The van der Waals surface area contributed by atoms with E-state index in [4.69, 9.17) is 4.42 Å². The third kappa shape index (κ3) is 7.35. The summed E-state index contributed by atoms with van der Waals surface area (Å²) in [7, 11) is 0. The molecule has 1 fully saturated rings. The molecule has 2 heterocycles. The number of alkyl halides is 6. The van der Waals surface area contributed by atoms with Gasteiger partial charge in [0, 0.05) is 35.2 Å². The highest BCUT2D eigenvalue weighted by molar-refractivity contribution is 7.98. The number of amides is 2. The van der Waals surface area contributed by atoms with E-state index in [1.165, 1.54) is 16.7 Å². The molecule has 1 aliphatic heterocycles. The molecule has 0 spiro atoms. The number of rotatable bonds is 6. The van der Waals surface area contributed by atoms with Gasteiger partial charge in [0.1, 0.15) is 5.58 Å². The van der Waals surface area contributed by atoms with Crippen LogP contribution in [0.3, 0.4) is 0 Å². The van der Waals surface area contributed by atoms with E-state index in [-0.39, 0.29) is 43.2 Å². The maximum Gasteiger partial charge on any atom is 0.416 e. The Hall–Kier alpha value is -4.26. The Morgan fingerprint density at radius 1 is 0.933 bits per heavy atom. The second-order valence-corrected chi connectivity index (χ2v) is 11.5. The van der Waals surface area contributed by atoms with Gasteiger partial charge in [-0.1, -0.05) is 30.3 Å². The number of hydrogen-bond acceptors (Lipinski definition) is 5. The van der Waals surface area contributed by atoms with Crippen LogP contribution >= 0.6 is 11.8 Å². The number of carbonyl (C=O) groups excluding carboxylic acids is 2. The van der Waals surface area contributed by atoms with E-state index in [9.17, 15) is 40.7 Å². The molecule has 3 aromatic carbocycles. The number of piperidine rings is 1. The summed E-state index contributed by atoms with van der Waals surface area (Å²) in [6, 6.07) is 14.6. The van der Waals surface area contributed by atoms with Crippen molar-refractivity contribution in [3.63, 3.8) is 0 Å². The molecule has 0 aliphatic carbocycles. The second-order valence-electron chi connectivity index (χ2n) is 10.7. The molecule has 0 bridgehead atoms. The first-order valence-corrected chi connectivity index (χ1v) is 15.0. The van der Waals surface area contributed by atoms with Crippen LogP contribution in [-0.4, -0.2) is 41.6 Å². The smallest absolute Gasteiger partial charge is 0.416 e. The number of thioether (sulfide) groups is 1. The first-order valence-electron chi connectivity index (χ1n) is 13.8. The van der Waals surface area contributed by atoms with Gasteiger partial charge in [-0.25, -0.2) is 0 Å². The third-order valence-corrected chi connectivity index (χ3v) is 8.35. The van der Waals surface area contributed by atoms with Gasteiger partial charge >= 0.3 is 12.4 Å². The quantitative estimate of drug-likeness (QED) is 0.177. The molecule has 1 aliphatic rings. The van der Waals surface area contributed by atoms with E-state index < -0.39 is 58.4 Å². The summed E-state index contributed by atoms with van der Waals surface area (Å²) in [6.07, 6.45) is -7.83. The third-order valence-electron chi connectivity index (χ3n) is 7.62. The fourth-order valence-corrected chi connectivity index (χ4v) is 5.83. The summed E-state index contributed by atoms with van der Waals surface area (Å²) in [4.78, 5) is 41.5. The molecule has 0 saturated carbocycles. The predicted molar refractivity (Wildman–Crippen MR) is 156 cm³/mol. The number of fused-ring (bicyclic) bond motifs is 1. The molecule has 45 heavy (non-hydrogen) atoms. The topological polar surface area (TPSA) is 79.6 Å². The van der Waals surface area contributed by atoms with E-state index in [1.807, 2.05) is 6.26 Å². The molecular formula is C32H26F6N2O4S. The average Bonchev–Trinajstić information content (AvgIpc) is 3.00. The minimum absolute atomic E-state index is 0.0208. The molecule has 1 aromatic heterocycles. The maximum atomic E-state index is 13.6. The highest BCUT2D eigenvalue weighted by Crippen LogP contribution is 2.37. The average molecular weight is 649 g/mol. The number of likely N-dealkylation sites (tertiary alicyclic amines) is 1. The first kappa shape index (κ1) is 32.1. The van der Waals surface area contributed by atoms with Crippen molar-refractivity contribution < 1.29 is 40.3 Å². The van der Waals surface area contributed by atoms with Crippen molar-refractivity contribution in [1.29, 1.82) is 0 Å². The highest BCUT2D eigenvalue weighted by Gasteiger charge is 2.39. The van der Waals surface area contributed by atoms with Crippen LogP contribution in [0.15, 0.2) is 86.9 Å². The van der Waals surface area contributed by atoms with Gasteiger partial charge in [-0.3, -0.25) is 14.4 Å². The molecule has 5 rings (SSSR count). The molecule has 2 amide bonds. The van der Waals surface area contributed by atoms with Gasteiger partial charge in [0.25, 0.3) is 11.8 Å². The molecule has 2 atom stereocenters. The number of benzene rings is 3. The van der Waals surface area contributed by atoms with Crippen molar-refractivity contribution >= 4 is 34.5 Å². The summed E-state index contributed by atoms with van der Waals surface area (Å²) in [5.41, 5.74) is -3.29. The molecule has 4 aromatic rings. The van der Waals surface area contributed by atoms with Crippen LogP contribution in [0.25, 0.3) is 11.0 Å². The largest absolute Gasteiger partial charge is 0.451 e. The number of nitrogens with one attached hydrogen (secondary N) is 1. The van der Waals surface area contributed by atoms with Crippen molar-refractivity contribution in [3.05, 3.63) is 111 Å². The lowest BCUT2D eigenvalue weighted by Gasteiger charge is -2.40. The molecular weight excluding hydrogens is 622 g/mol. The summed E-state index contributed by atoms with van der Waals surface area (Å²) in [5.74, 6) is -1.87. The van der Waals surface area contributed by atoms with Crippen molar-refractivity contribution in [2.24, 2.45) is 0 Å². The van der Waals surface area contributed by atoms with Crippen LogP contribution in [-0.2, 0) is 18.8 Å². The summed E-state index contributed by atoms with van der Waals surface area (Å²) in [6.45, 7) is -0.0579. The Morgan fingerprint density at radius 3 is 2.22 bits per heavy atom. The molecule has 1 saturated heterocycles. The van der Waals surface area contributed by atoms with Crippen LogP contribution in [0.2, 0.25) is 0 Å². The van der Waals surface area contributed by atoms with E-state index in [2.05, 4.69) is 5.32 Å². The van der Waals surface area contributed by atoms with Gasteiger partial charge in [-0.2, -0.15) is 26.3 Å². The molecule has 0 radical (unpaired) electrons. The van der Waals surface area contributed by atoms with Crippen LogP contribution in [0.4, 0.5) is 26.3 Å². The number of halogens is 6. The molecule has 2 unspecified atom stereocenters. The van der Waals surface area contributed by atoms with Crippen LogP contribution < -0.4 is 10.7 Å². The molecule has 1 N–H and O–H groups in total. The minimum Gasteiger partial charge on any atom is -0.451 e. The van der Waals surface area contributed by atoms with Gasteiger partial charge < -0.3 is 14.6 Å². The lowest BCUT2D eigenvalue weighted by atomic mass is 9.91. The first-order chi connectivity index (χ1) is 21.2. The standard InChI is InChI=1S/C32H26F6N2O4S/c1-45-24-7-8-25-26(41)17-28(44-27(25)16-24)29(42)39-22-9-10-40(23(15-22)11-18-5-3-2-4-6-18)30(43)19-12-20(31(33,34)35)14-21(13-19)32(36,37)38/h2-8,12-14,16-17,22-23H,9-11,15H2,1H3,(H,39,42). The van der Waals surface area contributed by atoms with Crippen molar-refractivity contribution in [3.8, 4) is 0 Å². The molecule has 236 valence electrons. The van der Waals surface area contributed by atoms with Gasteiger partial charge in [0.05, 0.1) is 16.5 Å². The summed E-state index contributed by atoms with van der Waals surface area (Å²) < 4.78 is 86.8. The zero-order valence-corrected chi connectivity index (χ0v) is 24.5. The fraction of sp³-hybridized carbons (Fsp3) is 0.281. The Bertz CT molecular complexity index is 1760. The lowest BCUT2D eigenvalue weighted by Crippen LogP contribution is -2.52. The van der Waals surface area contributed by atoms with E-state index in [1.54, 1.807) is 48.5 Å². The second kappa shape index (κ2) is 12.6. The highest BCUT2D eigenvalue weighted by atomic mass is 32.2. The summed E-state index contributed by atoms with van der Waals surface area (Å²) in [5, 5.41) is 3.12. The van der Waals surface area contributed by atoms with Crippen LogP contribution in [0, 0.1) is 0 Å². The maximum absolute atomic E-state index is 13.6. The normalized spacial score (nSPS) is 17.4. The van der Waals surface area contributed by atoms with Crippen molar-refractivity contribution in [1.82, 2.24) is 10.2 Å². The zero-order chi connectivity index (χ0) is 32.5.